The Morgan fingerprint density at radius 1 is 1.00 bits per heavy atom. The van der Waals surface area contributed by atoms with Crippen LogP contribution >= 0.6 is 23.4 Å². The van der Waals surface area contributed by atoms with E-state index in [0.29, 0.717) is 22.5 Å². The molecule has 1 N–H and O–H groups in total. The summed E-state index contributed by atoms with van der Waals surface area (Å²) in [7, 11) is 0. The molecule has 0 aliphatic heterocycles. The van der Waals surface area contributed by atoms with Gasteiger partial charge in [-0.2, -0.15) is 0 Å². The fraction of sp³-hybridized carbons (Fsp3) is 0.0870. The van der Waals surface area contributed by atoms with Gasteiger partial charge in [0.25, 0.3) is 0 Å². The quantitative estimate of drug-likeness (QED) is 0.354. The van der Waals surface area contributed by atoms with Crippen LogP contribution in [0.5, 0.6) is 0 Å². The number of hydrogen-bond donors (Lipinski definition) is 1. The Labute approximate surface area is 192 Å². The van der Waals surface area contributed by atoms with Crippen molar-refractivity contribution in [2.75, 3.05) is 11.1 Å². The summed E-state index contributed by atoms with van der Waals surface area (Å²) in [5, 5.41) is 12.2. The molecule has 0 aliphatic rings. The van der Waals surface area contributed by atoms with E-state index in [-0.39, 0.29) is 11.4 Å². The Bertz CT molecular complexity index is 1230. The van der Waals surface area contributed by atoms with Crippen molar-refractivity contribution in [2.24, 2.45) is 0 Å². The predicted molar refractivity (Wildman–Crippen MR) is 122 cm³/mol. The first-order valence-corrected chi connectivity index (χ1v) is 11.0. The van der Waals surface area contributed by atoms with Gasteiger partial charge in [-0.15, -0.1) is 10.2 Å². The normalized spacial score (nSPS) is 10.8. The van der Waals surface area contributed by atoms with Crippen LogP contribution in [0.3, 0.4) is 0 Å². The van der Waals surface area contributed by atoms with Gasteiger partial charge in [-0.05, 0) is 42.0 Å². The lowest BCUT2D eigenvalue weighted by atomic mass is 10.2. The van der Waals surface area contributed by atoms with Gasteiger partial charge in [-0.1, -0.05) is 53.7 Å². The van der Waals surface area contributed by atoms with Gasteiger partial charge in [-0.25, -0.2) is 8.78 Å². The Kier molecular flexibility index (Phi) is 6.82. The molecule has 0 radical (unpaired) electrons. The summed E-state index contributed by atoms with van der Waals surface area (Å²) in [5.74, 6) is -1.37. The van der Waals surface area contributed by atoms with E-state index in [4.69, 9.17) is 11.6 Å². The highest BCUT2D eigenvalue weighted by Gasteiger charge is 2.17. The Hall–Kier alpha value is -3.23. The molecular weight excluding hydrogens is 454 g/mol. The second kappa shape index (κ2) is 9.93. The fourth-order valence-corrected chi connectivity index (χ4v) is 3.89. The SMILES string of the molecule is O=C(CSc1nnc(-c2ccc(Cl)cc2)n1Cc1ccccc1)Nc1ccc(F)cc1F. The number of carbonyl (C=O) groups is 1. The molecule has 0 aliphatic carbocycles. The van der Waals surface area contributed by atoms with E-state index in [1.807, 2.05) is 47.0 Å². The molecule has 0 saturated carbocycles. The number of rotatable bonds is 7. The zero-order chi connectivity index (χ0) is 22.5. The van der Waals surface area contributed by atoms with E-state index in [1.165, 1.54) is 17.8 Å². The van der Waals surface area contributed by atoms with Crippen LogP contribution in [-0.2, 0) is 11.3 Å². The van der Waals surface area contributed by atoms with Gasteiger partial charge in [0.05, 0.1) is 18.0 Å². The molecule has 1 heterocycles. The molecule has 32 heavy (non-hydrogen) atoms. The largest absolute Gasteiger partial charge is 0.323 e. The van der Waals surface area contributed by atoms with Crippen LogP contribution in [0.2, 0.25) is 5.02 Å². The Morgan fingerprint density at radius 2 is 1.75 bits per heavy atom. The number of nitrogens with one attached hydrogen (secondary N) is 1. The number of halogens is 3. The molecule has 4 aromatic rings. The van der Waals surface area contributed by atoms with Crippen molar-refractivity contribution in [1.82, 2.24) is 14.8 Å². The van der Waals surface area contributed by atoms with Gasteiger partial charge in [-0.3, -0.25) is 9.36 Å². The summed E-state index contributed by atoms with van der Waals surface area (Å²) in [5.41, 5.74) is 1.80. The van der Waals surface area contributed by atoms with E-state index in [0.717, 1.165) is 23.3 Å². The van der Waals surface area contributed by atoms with Crippen molar-refractivity contribution >= 4 is 35.0 Å². The molecule has 162 valence electrons. The number of amides is 1. The summed E-state index contributed by atoms with van der Waals surface area (Å²) >= 11 is 7.18. The molecule has 1 amide bonds. The fourth-order valence-electron chi connectivity index (χ4n) is 3.02. The van der Waals surface area contributed by atoms with Crippen LogP contribution in [0.4, 0.5) is 14.5 Å². The molecule has 0 saturated heterocycles. The topological polar surface area (TPSA) is 59.8 Å². The number of benzene rings is 3. The maximum absolute atomic E-state index is 13.8. The second-order valence-electron chi connectivity index (χ2n) is 6.85. The maximum Gasteiger partial charge on any atom is 0.234 e. The van der Waals surface area contributed by atoms with Gasteiger partial charge in [0.15, 0.2) is 11.0 Å². The van der Waals surface area contributed by atoms with Gasteiger partial charge in [0.1, 0.15) is 11.6 Å². The van der Waals surface area contributed by atoms with Crippen LogP contribution in [0.1, 0.15) is 5.56 Å². The Balaban J connectivity index is 1.54. The minimum atomic E-state index is -0.833. The predicted octanol–water partition coefficient (Wildman–Crippen LogP) is 5.66. The van der Waals surface area contributed by atoms with E-state index >= 15 is 0 Å². The average Bonchev–Trinajstić information content (AvgIpc) is 3.18. The monoisotopic (exact) mass is 470 g/mol. The number of anilines is 1. The van der Waals surface area contributed by atoms with Crippen molar-refractivity contribution in [3.8, 4) is 11.4 Å². The third-order valence-electron chi connectivity index (χ3n) is 4.54. The second-order valence-corrected chi connectivity index (χ2v) is 8.22. The van der Waals surface area contributed by atoms with Crippen LogP contribution in [0.15, 0.2) is 78.0 Å². The number of aromatic nitrogens is 3. The van der Waals surface area contributed by atoms with Gasteiger partial charge < -0.3 is 5.32 Å². The highest BCUT2D eigenvalue weighted by atomic mass is 35.5. The van der Waals surface area contributed by atoms with E-state index < -0.39 is 17.5 Å². The number of carbonyl (C=O) groups excluding carboxylic acids is 1. The van der Waals surface area contributed by atoms with E-state index in [1.54, 1.807) is 12.1 Å². The average molecular weight is 471 g/mol. The van der Waals surface area contributed by atoms with E-state index in [9.17, 15) is 13.6 Å². The van der Waals surface area contributed by atoms with Crippen molar-refractivity contribution in [1.29, 1.82) is 0 Å². The summed E-state index contributed by atoms with van der Waals surface area (Å²) in [4.78, 5) is 12.3. The maximum atomic E-state index is 13.8. The molecule has 3 aromatic carbocycles. The smallest absolute Gasteiger partial charge is 0.234 e. The van der Waals surface area contributed by atoms with Gasteiger partial charge in [0, 0.05) is 16.7 Å². The third kappa shape index (κ3) is 5.33. The van der Waals surface area contributed by atoms with Crippen molar-refractivity contribution in [3.05, 3.63) is 95.0 Å². The minimum Gasteiger partial charge on any atom is -0.323 e. The first kappa shape index (κ1) is 22.0. The first-order valence-electron chi connectivity index (χ1n) is 9.60. The number of thioether (sulfide) groups is 1. The molecule has 0 atom stereocenters. The molecule has 4 rings (SSSR count). The summed E-state index contributed by atoms with van der Waals surface area (Å²) in [6, 6.07) is 20.0. The zero-order valence-electron chi connectivity index (χ0n) is 16.6. The lowest BCUT2D eigenvalue weighted by molar-refractivity contribution is -0.113. The molecule has 0 bridgehead atoms. The molecule has 1 aromatic heterocycles. The highest BCUT2D eigenvalue weighted by Crippen LogP contribution is 2.26. The van der Waals surface area contributed by atoms with E-state index in [2.05, 4.69) is 15.5 Å². The van der Waals surface area contributed by atoms with Crippen molar-refractivity contribution in [3.63, 3.8) is 0 Å². The Morgan fingerprint density at radius 3 is 2.47 bits per heavy atom. The molecule has 0 fully saturated rings. The molecule has 0 unspecified atom stereocenters. The minimum absolute atomic E-state index is 0.0235. The summed E-state index contributed by atoms with van der Waals surface area (Å²) in [6.07, 6.45) is 0. The summed E-state index contributed by atoms with van der Waals surface area (Å²) in [6.45, 7) is 0.502. The summed E-state index contributed by atoms with van der Waals surface area (Å²) < 4.78 is 28.8. The zero-order valence-corrected chi connectivity index (χ0v) is 18.2. The standard InChI is InChI=1S/C23H17ClF2N4OS/c24-17-8-6-16(7-9-17)22-28-29-23(30(22)13-15-4-2-1-3-5-15)32-14-21(31)27-20-11-10-18(25)12-19(20)26/h1-12H,13-14H2,(H,27,31). The number of nitrogens with zero attached hydrogens (tertiary/aromatic N) is 3. The molecule has 9 heteroatoms. The molecule has 5 nitrogen and oxygen atoms in total. The lowest BCUT2D eigenvalue weighted by Gasteiger charge is -2.11. The van der Waals surface area contributed by atoms with Crippen LogP contribution in [0, 0.1) is 11.6 Å². The number of hydrogen-bond acceptors (Lipinski definition) is 4. The first-order chi connectivity index (χ1) is 15.5. The molecular formula is C23H17ClF2N4OS. The van der Waals surface area contributed by atoms with Gasteiger partial charge >= 0.3 is 0 Å². The lowest BCUT2D eigenvalue weighted by Crippen LogP contribution is -2.16. The highest BCUT2D eigenvalue weighted by molar-refractivity contribution is 7.99. The van der Waals surface area contributed by atoms with Crippen LogP contribution < -0.4 is 5.32 Å². The third-order valence-corrected chi connectivity index (χ3v) is 5.76. The van der Waals surface area contributed by atoms with Crippen molar-refractivity contribution < 1.29 is 13.6 Å². The van der Waals surface area contributed by atoms with Crippen LogP contribution in [-0.4, -0.2) is 26.4 Å². The van der Waals surface area contributed by atoms with Crippen molar-refractivity contribution in [2.45, 2.75) is 11.7 Å². The van der Waals surface area contributed by atoms with Gasteiger partial charge in [0.2, 0.25) is 5.91 Å². The molecule has 0 spiro atoms. The van der Waals surface area contributed by atoms with Crippen LogP contribution in [0.25, 0.3) is 11.4 Å².